The molecule has 4 heterocycles. The van der Waals surface area contributed by atoms with Crippen molar-refractivity contribution in [2.75, 3.05) is 23.3 Å². The molecule has 190 valence electrons. The van der Waals surface area contributed by atoms with E-state index in [-0.39, 0.29) is 28.9 Å². The highest BCUT2D eigenvalue weighted by molar-refractivity contribution is 6.02. The van der Waals surface area contributed by atoms with Crippen LogP contribution in [0.25, 0.3) is 5.65 Å². The van der Waals surface area contributed by atoms with E-state index in [4.69, 9.17) is 4.74 Å². The lowest BCUT2D eigenvalue weighted by molar-refractivity contribution is 0.0477. The van der Waals surface area contributed by atoms with Gasteiger partial charge in [-0.15, -0.1) is 0 Å². The van der Waals surface area contributed by atoms with E-state index in [1.807, 2.05) is 20.8 Å². The monoisotopic (exact) mass is 495 g/mol. The maximum absolute atomic E-state index is 14.3. The number of nitrogens with one attached hydrogen (secondary N) is 2. The quantitative estimate of drug-likeness (QED) is 0.555. The molecule has 0 radical (unpaired) electrons. The molecule has 1 saturated carbocycles. The summed E-state index contributed by atoms with van der Waals surface area (Å²) in [5.74, 6) is -0.0576. The number of anilines is 2. The van der Waals surface area contributed by atoms with Crippen molar-refractivity contribution >= 4 is 29.2 Å². The minimum absolute atomic E-state index is 0.127. The van der Waals surface area contributed by atoms with Crippen molar-refractivity contribution in [2.24, 2.45) is 5.92 Å². The zero-order chi connectivity index (χ0) is 25.7. The summed E-state index contributed by atoms with van der Waals surface area (Å²) in [5.41, 5.74) is 0.536. The number of halogens is 1. The first-order valence-electron chi connectivity index (χ1n) is 12.1. The Hall–Kier alpha value is -3.76. The average molecular weight is 496 g/mol. The van der Waals surface area contributed by atoms with Gasteiger partial charge in [-0.3, -0.25) is 4.79 Å². The Labute approximate surface area is 208 Å². The number of amides is 2. The van der Waals surface area contributed by atoms with Gasteiger partial charge in [0.25, 0.3) is 5.91 Å². The number of ether oxygens (including phenoxy) is 1. The first-order valence-corrected chi connectivity index (χ1v) is 12.1. The van der Waals surface area contributed by atoms with Gasteiger partial charge in [-0.25, -0.2) is 24.1 Å². The molecule has 36 heavy (non-hydrogen) atoms. The SMILES string of the molecule is Cc1cn2cc(NC(=O)c3cnc(N4CCC(C5(NC(=O)OC(C)(C)C)CC5)C4)cn3)cc(F)c2n1. The highest BCUT2D eigenvalue weighted by atomic mass is 19.1. The molecule has 2 N–H and O–H groups in total. The Kier molecular flexibility index (Phi) is 5.80. The Morgan fingerprint density at radius 3 is 2.64 bits per heavy atom. The van der Waals surface area contributed by atoms with Gasteiger partial charge in [0.05, 0.1) is 23.8 Å². The van der Waals surface area contributed by atoms with Gasteiger partial charge < -0.3 is 24.7 Å². The maximum Gasteiger partial charge on any atom is 0.408 e. The molecule has 1 atom stereocenters. The van der Waals surface area contributed by atoms with Gasteiger partial charge >= 0.3 is 6.09 Å². The van der Waals surface area contributed by atoms with Crippen LogP contribution in [0.4, 0.5) is 20.7 Å². The molecule has 1 unspecified atom stereocenters. The summed E-state index contributed by atoms with van der Waals surface area (Å²) in [6.07, 6.45) is 8.67. The number of hydrogen-bond donors (Lipinski definition) is 2. The molecule has 1 aliphatic heterocycles. The number of aromatic nitrogens is 4. The standard InChI is InChI=1S/C25H30FN7O3/c1-15-12-33-14-17(9-18(26)21(33)29-15)30-22(34)19-10-28-20(11-27-19)32-8-5-16(13-32)25(6-7-25)31-23(35)36-24(2,3)4/h9-12,14,16H,5-8,13H2,1-4H3,(H,30,34)(H,31,35). The van der Waals surface area contributed by atoms with Crippen LogP contribution in [0.5, 0.6) is 0 Å². The number of carbonyl (C=O) groups is 2. The summed E-state index contributed by atoms with van der Waals surface area (Å²) in [7, 11) is 0. The predicted molar refractivity (Wildman–Crippen MR) is 132 cm³/mol. The predicted octanol–water partition coefficient (Wildman–Crippen LogP) is 3.71. The first-order chi connectivity index (χ1) is 17.0. The molecule has 11 heteroatoms. The van der Waals surface area contributed by atoms with Crippen LogP contribution in [0.3, 0.4) is 0 Å². The molecule has 0 aromatic carbocycles. The second-order valence-corrected chi connectivity index (χ2v) is 10.6. The third-order valence-electron chi connectivity index (χ3n) is 6.59. The fourth-order valence-electron chi connectivity index (χ4n) is 4.74. The van der Waals surface area contributed by atoms with E-state index in [0.29, 0.717) is 17.2 Å². The van der Waals surface area contributed by atoms with Crippen LogP contribution in [-0.2, 0) is 4.74 Å². The molecular formula is C25H30FN7O3. The molecule has 1 aliphatic carbocycles. The fourth-order valence-corrected chi connectivity index (χ4v) is 4.74. The van der Waals surface area contributed by atoms with Crippen LogP contribution in [0.15, 0.2) is 30.9 Å². The summed E-state index contributed by atoms with van der Waals surface area (Å²) in [5, 5.41) is 5.76. The number of alkyl carbamates (subject to hydrolysis) is 1. The molecule has 3 aromatic rings. The van der Waals surface area contributed by atoms with Gasteiger partial charge in [0.2, 0.25) is 0 Å². The second kappa shape index (κ2) is 8.72. The summed E-state index contributed by atoms with van der Waals surface area (Å²) in [6.45, 7) is 8.84. The largest absolute Gasteiger partial charge is 0.444 e. The highest BCUT2D eigenvalue weighted by Crippen LogP contribution is 2.46. The van der Waals surface area contributed by atoms with Crippen LogP contribution in [0.1, 0.15) is 56.2 Å². The molecule has 0 spiro atoms. The summed E-state index contributed by atoms with van der Waals surface area (Å²) < 4.78 is 21.3. The molecule has 2 fully saturated rings. The van der Waals surface area contributed by atoms with Crippen LogP contribution in [-0.4, -0.2) is 55.6 Å². The molecule has 3 aromatic heterocycles. The topological polar surface area (TPSA) is 114 Å². The number of rotatable bonds is 5. The first kappa shape index (κ1) is 24.0. The lowest BCUT2D eigenvalue weighted by Gasteiger charge is -2.27. The van der Waals surface area contributed by atoms with Crippen molar-refractivity contribution in [3.05, 3.63) is 48.1 Å². The Morgan fingerprint density at radius 2 is 1.97 bits per heavy atom. The van der Waals surface area contributed by atoms with E-state index in [1.54, 1.807) is 25.5 Å². The Balaban J connectivity index is 1.20. The van der Waals surface area contributed by atoms with E-state index in [1.165, 1.54) is 16.7 Å². The van der Waals surface area contributed by atoms with Gasteiger partial charge in [-0.1, -0.05) is 0 Å². The number of fused-ring (bicyclic) bond motifs is 1. The number of nitrogens with zero attached hydrogens (tertiary/aromatic N) is 5. The molecule has 2 amide bonds. The zero-order valence-corrected chi connectivity index (χ0v) is 20.8. The number of aryl methyl sites for hydroxylation is 1. The lowest BCUT2D eigenvalue weighted by atomic mass is 9.96. The normalized spacial score (nSPS) is 18.8. The molecule has 0 bridgehead atoms. The van der Waals surface area contributed by atoms with Crippen molar-refractivity contribution in [3.8, 4) is 0 Å². The lowest BCUT2D eigenvalue weighted by Crippen LogP contribution is -2.45. The van der Waals surface area contributed by atoms with Crippen molar-refractivity contribution in [1.29, 1.82) is 0 Å². The van der Waals surface area contributed by atoms with Crippen LogP contribution in [0, 0.1) is 18.7 Å². The van der Waals surface area contributed by atoms with Crippen LogP contribution >= 0.6 is 0 Å². The number of hydrogen-bond acceptors (Lipinski definition) is 7. The van der Waals surface area contributed by atoms with Crippen LogP contribution in [0.2, 0.25) is 0 Å². The molecular weight excluding hydrogens is 465 g/mol. The van der Waals surface area contributed by atoms with Gasteiger partial charge in [0.1, 0.15) is 17.1 Å². The molecule has 1 saturated heterocycles. The number of pyridine rings is 1. The van der Waals surface area contributed by atoms with Crippen molar-refractivity contribution in [2.45, 2.75) is 58.1 Å². The van der Waals surface area contributed by atoms with Gasteiger partial charge in [0, 0.05) is 43.0 Å². The summed E-state index contributed by atoms with van der Waals surface area (Å²) >= 11 is 0. The third kappa shape index (κ3) is 4.95. The minimum atomic E-state index is -0.537. The summed E-state index contributed by atoms with van der Waals surface area (Å²) in [6, 6.07) is 1.23. The van der Waals surface area contributed by atoms with Gasteiger partial charge in [0.15, 0.2) is 11.5 Å². The van der Waals surface area contributed by atoms with E-state index in [0.717, 1.165) is 32.4 Å². The van der Waals surface area contributed by atoms with Gasteiger partial charge in [-0.2, -0.15) is 0 Å². The maximum atomic E-state index is 14.3. The van der Waals surface area contributed by atoms with Crippen LogP contribution < -0.4 is 15.5 Å². The number of imidazole rings is 1. The number of carbonyl (C=O) groups excluding carboxylic acids is 2. The highest BCUT2D eigenvalue weighted by Gasteiger charge is 2.53. The van der Waals surface area contributed by atoms with E-state index < -0.39 is 17.3 Å². The molecule has 2 aliphatic rings. The smallest absolute Gasteiger partial charge is 0.408 e. The van der Waals surface area contributed by atoms with E-state index in [9.17, 15) is 14.0 Å². The van der Waals surface area contributed by atoms with Gasteiger partial charge in [-0.05, 0) is 47.0 Å². The zero-order valence-electron chi connectivity index (χ0n) is 20.8. The van der Waals surface area contributed by atoms with Crippen molar-refractivity contribution < 1.29 is 18.7 Å². The van der Waals surface area contributed by atoms with Crippen molar-refractivity contribution in [3.63, 3.8) is 0 Å². The molecule has 5 rings (SSSR count). The Bertz CT molecular complexity index is 1310. The molecule has 10 nitrogen and oxygen atoms in total. The Morgan fingerprint density at radius 1 is 1.19 bits per heavy atom. The second-order valence-electron chi connectivity index (χ2n) is 10.6. The average Bonchev–Trinajstić information content (AvgIpc) is 3.21. The van der Waals surface area contributed by atoms with Crippen molar-refractivity contribution in [1.82, 2.24) is 24.7 Å². The third-order valence-corrected chi connectivity index (χ3v) is 6.59. The minimum Gasteiger partial charge on any atom is -0.444 e. The summed E-state index contributed by atoms with van der Waals surface area (Å²) in [4.78, 5) is 39.9. The fraction of sp³-hybridized carbons (Fsp3) is 0.480. The van der Waals surface area contributed by atoms with E-state index >= 15 is 0 Å². The van der Waals surface area contributed by atoms with E-state index in [2.05, 4.69) is 30.5 Å².